The van der Waals surface area contributed by atoms with Gasteiger partial charge in [0.1, 0.15) is 11.9 Å². The molecule has 0 aliphatic carbocycles. The summed E-state index contributed by atoms with van der Waals surface area (Å²) < 4.78 is 0. The number of nitrogens with one attached hydrogen (secondary N) is 1. The van der Waals surface area contributed by atoms with Gasteiger partial charge in [-0.2, -0.15) is 5.26 Å². The summed E-state index contributed by atoms with van der Waals surface area (Å²) in [5, 5.41) is 20.6. The summed E-state index contributed by atoms with van der Waals surface area (Å²) in [4.78, 5) is 3.98. The number of nitrogens with zero attached hydrogens (tertiary/aromatic N) is 2. The minimum atomic E-state index is -0.450. The fourth-order valence-corrected chi connectivity index (χ4v) is 0.881. The van der Waals surface area contributed by atoms with E-state index in [0.29, 0.717) is 17.9 Å². The Morgan fingerprint density at radius 2 is 2.54 bits per heavy atom. The molecule has 0 radical (unpaired) electrons. The maximum Gasteiger partial charge on any atom is 0.143 e. The molecule has 0 saturated heterocycles. The summed E-state index contributed by atoms with van der Waals surface area (Å²) in [5.74, 6) is 0.519. The summed E-state index contributed by atoms with van der Waals surface area (Å²) in [7, 11) is 0. The van der Waals surface area contributed by atoms with Crippen molar-refractivity contribution in [2.24, 2.45) is 0 Å². The zero-order valence-electron chi connectivity index (χ0n) is 7.36. The molecule has 1 heterocycles. The number of hydrogen-bond donors (Lipinski definition) is 2. The first-order valence-corrected chi connectivity index (χ1v) is 4.01. The molecule has 0 saturated carbocycles. The Morgan fingerprint density at radius 3 is 3.15 bits per heavy atom. The molecule has 68 valence electrons. The fraction of sp³-hybridized carbons (Fsp3) is 0.333. The molecule has 0 fully saturated rings. The quantitative estimate of drug-likeness (QED) is 0.714. The van der Waals surface area contributed by atoms with Gasteiger partial charge in [0.25, 0.3) is 0 Å². The summed E-state index contributed by atoms with van der Waals surface area (Å²) in [6.07, 6.45) is 1.15. The van der Waals surface area contributed by atoms with Crippen LogP contribution in [-0.4, -0.2) is 22.7 Å². The molecule has 4 heteroatoms. The van der Waals surface area contributed by atoms with E-state index < -0.39 is 6.10 Å². The van der Waals surface area contributed by atoms with Gasteiger partial charge in [0.05, 0.1) is 11.7 Å². The molecular formula is C9H11N3O. The Bertz CT molecular complexity index is 317. The predicted octanol–water partition coefficient (Wildman–Crippen LogP) is 0.746. The molecule has 0 aliphatic rings. The van der Waals surface area contributed by atoms with Gasteiger partial charge in [0, 0.05) is 12.7 Å². The van der Waals surface area contributed by atoms with E-state index in [1.165, 1.54) is 0 Å². The van der Waals surface area contributed by atoms with Gasteiger partial charge in [0.2, 0.25) is 0 Å². The molecule has 1 unspecified atom stereocenters. The lowest BCUT2D eigenvalue weighted by molar-refractivity contribution is 0.208. The van der Waals surface area contributed by atoms with Crippen LogP contribution in [-0.2, 0) is 0 Å². The summed E-state index contributed by atoms with van der Waals surface area (Å²) >= 11 is 0. The highest BCUT2D eigenvalue weighted by Gasteiger charge is 2.02. The average Bonchev–Trinajstić information content (AvgIpc) is 2.15. The number of rotatable bonds is 3. The molecule has 0 spiro atoms. The second kappa shape index (κ2) is 4.43. The van der Waals surface area contributed by atoms with Crippen LogP contribution in [0.1, 0.15) is 12.5 Å². The third-order valence-corrected chi connectivity index (χ3v) is 1.49. The van der Waals surface area contributed by atoms with E-state index in [1.54, 1.807) is 25.3 Å². The van der Waals surface area contributed by atoms with Crippen LogP contribution in [0.2, 0.25) is 0 Å². The predicted molar refractivity (Wildman–Crippen MR) is 49.1 cm³/mol. The minimum absolute atomic E-state index is 0.395. The molecular weight excluding hydrogens is 166 g/mol. The molecule has 4 nitrogen and oxygen atoms in total. The van der Waals surface area contributed by atoms with E-state index in [1.807, 2.05) is 6.07 Å². The number of hydrogen-bond acceptors (Lipinski definition) is 4. The van der Waals surface area contributed by atoms with Crippen LogP contribution in [0.3, 0.4) is 0 Å². The normalized spacial score (nSPS) is 11.8. The third kappa shape index (κ3) is 2.73. The van der Waals surface area contributed by atoms with Gasteiger partial charge in [0.15, 0.2) is 0 Å². The van der Waals surface area contributed by atoms with Crippen LogP contribution < -0.4 is 5.32 Å². The van der Waals surface area contributed by atoms with Crippen LogP contribution in [0.4, 0.5) is 5.82 Å². The Balaban J connectivity index is 2.71. The molecule has 2 N–H and O–H groups in total. The monoisotopic (exact) mass is 177 g/mol. The first kappa shape index (κ1) is 9.49. The van der Waals surface area contributed by atoms with E-state index in [-0.39, 0.29) is 0 Å². The van der Waals surface area contributed by atoms with Crippen molar-refractivity contribution >= 4 is 5.82 Å². The maximum absolute atomic E-state index is 9.00. The molecule has 0 aromatic carbocycles. The molecule has 0 amide bonds. The van der Waals surface area contributed by atoms with Crippen molar-refractivity contribution in [2.75, 3.05) is 11.9 Å². The van der Waals surface area contributed by atoms with Gasteiger partial charge in [-0.05, 0) is 19.1 Å². The standard InChI is InChI=1S/C9H11N3O/c1-7(13)6-12-9-8(5-10)3-2-4-11-9/h2-4,7,13H,6H2,1H3,(H,11,12). The lowest BCUT2D eigenvalue weighted by atomic mass is 10.3. The average molecular weight is 177 g/mol. The number of aliphatic hydroxyl groups is 1. The molecule has 1 aromatic rings. The molecule has 1 rings (SSSR count). The topological polar surface area (TPSA) is 68.9 Å². The number of aliphatic hydroxyl groups excluding tert-OH is 1. The molecule has 1 atom stereocenters. The van der Waals surface area contributed by atoms with Gasteiger partial charge >= 0.3 is 0 Å². The molecule has 13 heavy (non-hydrogen) atoms. The van der Waals surface area contributed by atoms with E-state index in [9.17, 15) is 0 Å². The maximum atomic E-state index is 9.00. The zero-order valence-corrected chi connectivity index (χ0v) is 7.36. The van der Waals surface area contributed by atoms with Crippen molar-refractivity contribution in [3.63, 3.8) is 0 Å². The van der Waals surface area contributed by atoms with Crippen LogP contribution in [0.25, 0.3) is 0 Å². The van der Waals surface area contributed by atoms with Crippen LogP contribution in [0.5, 0.6) is 0 Å². The second-order valence-electron chi connectivity index (χ2n) is 2.74. The van der Waals surface area contributed by atoms with Crippen molar-refractivity contribution < 1.29 is 5.11 Å². The highest BCUT2D eigenvalue weighted by Crippen LogP contribution is 2.08. The number of anilines is 1. The Kier molecular flexibility index (Phi) is 3.23. The molecule has 0 aliphatic heterocycles. The highest BCUT2D eigenvalue weighted by molar-refractivity contribution is 5.51. The Morgan fingerprint density at radius 1 is 1.77 bits per heavy atom. The first-order valence-electron chi connectivity index (χ1n) is 4.01. The number of aromatic nitrogens is 1. The number of pyridine rings is 1. The Hall–Kier alpha value is -1.60. The van der Waals surface area contributed by atoms with E-state index in [2.05, 4.69) is 10.3 Å². The molecule has 1 aromatic heterocycles. The third-order valence-electron chi connectivity index (χ3n) is 1.49. The van der Waals surface area contributed by atoms with E-state index in [0.717, 1.165) is 0 Å². The van der Waals surface area contributed by atoms with Gasteiger partial charge in [-0.25, -0.2) is 4.98 Å². The zero-order chi connectivity index (χ0) is 9.68. The van der Waals surface area contributed by atoms with Gasteiger partial charge in [-0.3, -0.25) is 0 Å². The lowest BCUT2D eigenvalue weighted by Crippen LogP contribution is -2.16. The van der Waals surface area contributed by atoms with Crippen LogP contribution >= 0.6 is 0 Å². The largest absolute Gasteiger partial charge is 0.392 e. The smallest absolute Gasteiger partial charge is 0.143 e. The minimum Gasteiger partial charge on any atom is -0.392 e. The van der Waals surface area contributed by atoms with Crippen molar-refractivity contribution in [3.05, 3.63) is 23.9 Å². The number of nitriles is 1. The SMILES string of the molecule is CC(O)CNc1ncccc1C#N. The van der Waals surface area contributed by atoms with Gasteiger partial charge in [-0.1, -0.05) is 0 Å². The van der Waals surface area contributed by atoms with Crippen molar-refractivity contribution in [1.29, 1.82) is 5.26 Å². The van der Waals surface area contributed by atoms with Gasteiger partial charge in [-0.15, -0.1) is 0 Å². The second-order valence-corrected chi connectivity index (χ2v) is 2.74. The lowest BCUT2D eigenvalue weighted by Gasteiger charge is -2.07. The Labute approximate surface area is 76.8 Å². The van der Waals surface area contributed by atoms with Crippen molar-refractivity contribution in [3.8, 4) is 6.07 Å². The van der Waals surface area contributed by atoms with E-state index >= 15 is 0 Å². The van der Waals surface area contributed by atoms with Gasteiger partial charge < -0.3 is 10.4 Å². The highest BCUT2D eigenvalue weighted by atomic mass is 16.3. The first-order chi connectivity index (χ1) is 6.24. The van der Waals surface area contributed by atoms with Crippen LogP contribution in [0.15, 0.2) is 18.3 Å². The van der Waals surface area contributed by atoms with E-state index in [4.69, 9.17) is 10.4 Å². The fourth-order valence-electron chi connectivity index (χ4n) is 0.881. The van der Waals surface area contributed by atoms with Crippen molar-refractivity contribution in [2.45, 2.75) is 13.0 Å². The summed E-state index contributed by atoms with van der Waals surface area (Å²) in [6.45, 7) is 2.06. The van der Waals surface area contributed by atoms with Crippen LogP contribution in [0, 0.1) is 11.3 Å². The van der Waals surface area contributed by atoms with Crippen molar-refractivity contribution in [1.82, 2.24) is 4.98 Å². The summed E-state index contributed by atoms with van der Waals surface area (Å²) in [6, 6.07) is 5.39. The summed E-state index contributed by atoms with van der Waals surface area (Å²) in [5.41, 5.74) is 0.489. The molecule has 0 bridgehead atoms.